The van der Waals surface area contributed by atoms with Crippen molar-refractivity contribution in [1.29, 1.82) is 0 Å². The predicted octanol–water partition coefficient (Wildman–Crippen LogP) is 2.87. The number of hydrogen-bond donors (Lipinski definition) is 1. The summed E-state index contributed by atoms with van der Waals surface area (Å²) in [4.78, 5) is 28.4. The molecule has 0 saturated carbocycles. The lowest BCUT2D eigenvalue weighted by atomic mass is 10.1. The fraction of sp³-hybridized carbons (Fsp3) is 0.0952. The van der Waals surface area contributed by atoms with E-state index in [4.69, 9.17) is 4.74 Å². The van der Waals surface area contributed by atoms with E-state index >= 15 is 0 Å². The van der Waals surface area contributed by atoms with E-state index in [0.29, 0.717) is 11.3 Å². The molecule has 1 heterocycles. The first kappa shape index (κ1) is 20.2. The Morgan fingerprint density at radius 3 is 2.31 bits per heavy atom. The molecule has 7 nitrogen and oxygen atoms in total. The summed E-state index contributed by atoms with van der Waals surface area (Å²) in [5.41, 5.74) is 1.76. The summed E-state index contributed by atoms with van der Waals surface area (Å²) in [6, 6.07) is 17.6. The zero-order valence-electron chi connectivity index (χ0n) is 15.5. The van der Waals surface area contributed by atoms with Crippen molar-refractivity contribution in [2.45, 2.75) is 18.4 Å². The van der Waals surface area contributed by atoms with Gasteiger partial charge >= 0.3 is 5.97 Å². The van der Waals surface area contributed by atoms with Gasteiger partial charge in [0.1, 0.15) is 6.61 Å². The van der Waals surface area contributed by atoms with Crippen LogP contribution in [0.25, 0.3) is 0 Å². The van der Waals surface area contributed by atoms with E-state index in [1.54, 1.807) is 30.3 Å². The van der Waals surface area contributed by atoms with Crippen LogP contribution in [0.1, 0.15) is 32.0 Å². The first-order valence-corrected chi connectivity index (χ1v) is 10.1. The number of aryl methyl sites for hydroxylation is 1. The van der Waals surface area contributed by atoms with Crippen LogP contribution >= 0.6 is 0 Å². The number of amides is 1. The maximum absolute atomic E-state index is 12.2. The number of sulfonamides is 1. The summed E-state index contributed by atoms with van der Waals surface area (Å²) in [7, 11) is -3.97. The zero-order chi connectivity index (χ0) is 20.9. The van der Waals surface area contributed by atoms with Gasteiger partial charge in [0.15, 0.2) is 0 Å². The second-order valence-electron chi connectivity index (χ2n) is 6.18. The average molecular weight is 410 g/mol. The Hall–Kier alpha value is -3.52. The minimum Gasteiger partial charge on any atom is -0.456 e. The molecule has 0 aliphatic heterocycles. The van der Waals surface area contributed by atoms with Crippen molar-refractivity contribution in [3.8, 4) is 0 Å². The number of hydrogen-bond acceptors (Lipinski definition) is 6. The minimum atomic E-state index is -3.97. The molecule has 1 aromatic heterocycles. The summed E-state index contributed by atoms with van der Waals surface area (Å²) in [5.74, 6) is -1.27. The second kappa shape index (κ2) is 8.66. The molecule has 3 rings (SSSR count). The summed E-state index contributed by atoms with van der Waals surface area (Å²) < 4.78 is 31.7. The summed E-state index contributed by atoms with van der Waals surface area (Å²) in [6.07, 6.45) is 1.23. The van der Waals surface area contributed by atoms with Gasteiger partial charge in [-0.25, -0.2) is 17.9 Å². The molecule has 148 valence electrons. The number of rotatable bonds is 6. The number of aromatic nitrogens is 1. The molecule has 29 heavy (non-hydrogen) atoms. The highest BCUT2D eigenvalue weighted by atomic mass is 32.2. The van der Waals surface area contributed by atoms with Crippen LogP contribution in [0.5, 0.6) is 0 Å². The highest BCUT2D eigenvalue weighted by Crippen LogP contribution is 2.11. The average Bonchev–Trinajstić information content (AvgIpc) is 2.73. The van der Waals surface area contributed by atoms with E-state index in [-0.39, 0.29) is 17.1 Å². The van der Waals surface area contributed by atoms with Gasteiger partial charge in [0.25, 0.3) is 15.9 Å². The zero-order valence-corrected chi connectivity index (χ0v) is 16.3. The molecule has 0 aliphatic rings. The predicted molar refractivity (Wildman–Crippen MR) is 106 cm³/mol. The lowest BCUT2D eigenvalue weighted by Gasteiger charge is -2.08. The summed E-state index contributed by atoms with van der Waals surface area (Å²) in [5, 5.41) is 0. The maximum atomic E-state index is 12.2. The Labute approximate surface area is 168 Å². The standard InChI is InChI=1S/C21H18N2O5S/c1-15-7-5-6-10-19(15)21(25)28-14-17-12-11-16(13-22-17)20(24)23-29(26,27)18-8-3-2-4-9-18/h2-13H,14H2,1H3,(H,23,24). The molecular formula is C21H18N2O5S. The van der Waals surface area contributed by atoms with Crippen LogP contribution in [-0.2, 0) is 21.4 Å². The number of ether oxygens (including phenoxy) is 1. The van der Waals surface area contributed by atoms with E-state index in [9.17, 15) is 18.0 Å². The number of carbonyl (C=O) groups is 2. The molecule has 0 bridgehead atoms. The van der Waals surface area contributed by atoms with Crippen LogP contribution in [0.15, 0.2) is 77.8 Å². The first-order chi connectivity index (χ1) is 13.9. The third-order valence-corrected chi connectivity index (χ3v) is 5.43. The van der Waals surface area contributed by atoms with Gasteiger partial charge in [0.2, 0.25) is 0 Å². The quantitative estimate of drug-likeness (QED) is 0.627. The highest BCUT2D eigenvalue weighted by Gasteiger charge is 2.18. The maximum Gasteiger partial charge on any atom is 0.338 e. The van der Waals surface area contributed by atoms with Crippen molar-refractivity contribution >= 4 is 21.9 Å². The largest absolute Gasteiger partial charge is 0.456 e. The van der Waals surface area contributed by atoms with Gasteiger partial charge in [0, 0.05) is 6.20 Å². The van der Waals surface area contributed by atoms with Crippen molar-refractivity contribution in [3.63, 3.8) is 0 Å². The molecule has 0 fully saturated rings. The van der Waals surface area contributed by atoms with Gasteiger partial charge in [-0.2, -0.15) is 0 Å². The van der Waals surface area contributed by atoms with E-state index in [0.717, 1.165) is 5.56 Å². The number of benzene rings is 2. The Morgan fingerprint density at radius 2 is 1.66 bits per heavy atom. The molecule has 0 spiro atoms. The van der Waals surface area contributed by atoms with Gasteiger partial charge in [-0.15, -0.1) is 0 Å². The lowest BCUT2D eigenvalue weighted by molar-refractivity contribution is 0.0466. The summed E-state index contributed by atoms with van der Waals surface area (Å²) >= 11 is 0. The molecular weight excluding hydrogens is 392 g/mol. The molecule has 0 unspecified atom stereocenters. The van der Waals surface area contributed by atoms with Gasteiger partial charge in [-0.1, -0.05) is 36.4 Å². The van der Waals surface area contributed by atoms with Crippen molar-refractivity contribution in [1.82, 2.24) is 9.71 Å². The fourth-order valence-corrected chi connectivity index (χ4v) is 3.50. The summed E-state index contributed by atoms with van der Waals surface area (Å²) in [6.45, 7) is 1.74. The molecule has 0 radical (unpaired) electrons. The molecule has 1 N–H and O–H groups in total. The topological polar surface area (TPSA) is 102 Å². The fourth-order valence-electron chi connectivity index (χ4n) is 2.50. The number of nitrogens with one attached hydrogen (secondary N) is 1. The number of esters is 1. The molecule has 2 aromatic carbocycles. The molecule has 0 aliphatic carbocycles. The van der Waals surface area contributed by atoms with Crippen molar-refractivity contribution in [2.75, 3.05) is 0 Å². The van der Waals surface area contributed by atoms with Crippen LogP contribution in [-0.4, -0.2) is 25.3 Å². The van der Waals surface area contributed by atoms with E-state index in [1.807, 2.05) is 23.8 Å². The molecule has 0 saturated heterocycles. The third-order valence-electron chi connectivity index (χ3n) is 4.08. The van der Waals surface area contributed by atoms with Crippen LogP contribution in [0.3, 0.4) is 0 Å². The van der Waals surface area contributed by atoms with Gasteiger partial charge in [-0.05, 0) is 42.8 Å². The first-order valence-electron chi connectivity index (χ1n) is 8.67. The van der Waals surface area contributed by atoms with Crippen LogP contribution in [0.2, 0.25) is 0 Å². The number of carbonyl (C=O) groups excluding carboxylic acids is 2. The van der Waals surface area contributed by atoms with E-state index in [2.05, 4.69) is 4.98 Å². The van der Waals surface area contributed by atoms with Crippen LogP contribution < -0.4 is 4.72 Å². The Balaban J connectivity index is 1.62. The number of pyridine rings is 1. The van der Waals surface area contributed by atoms with Crippen LogP contribution in [0, 0.1) is 6.92 Å². The molecule has 1 amide bonds. The molecule has 0 atom stereocenters. The minimum absolute atomic E-state index is 0.0129. The smallest absolute Gasteiger partial charge is 0.338 e. The second-order valence-corrected chi connectivity index (χ2v) is 7.86. The van der Waals surface area contributed by atoms with Gasteiger partial charge < -0.3 is 4.74 Å². The molecule has 3 aromatic rings. The number of nitrogens with zero attached hydrogens (tertiary/aromatic N) is 1. The SMILES string of the molecule is Cc1ccccc1C(=O)OCc1ccc(C(=O)NS(=O)(=O)c2ccccc2)cn1. The Bertz CT molecular complexity index is 1130. The Kier molecular flexibility index (Phi) is 6.04. The van der Waals surface area contributed by atoms with E-state index in [1.165, 1.54) is 30.5 Å². The van der Waals surface area contributed by atoms with Crippen molar-refractivity contribution < 1.29 is 22.7 Å². The van der Waals surface area contributed by atoms with E-state index < -0.39 is 21.9 Å². The normalized spacial score (nSPS) is 10.9. The lowest BCUT2D eigenvalue weighted by Crippen LogP contribution is -2.30. The Morgan fingerprint density at radius 1 is 0.966 bits per heavy atom. The van der Waals surface area contributed by atoms with Gasteiger partial charge in [-0.3, -0.25) is 9.78 Å². The molecule has 8 heteroatoms. The highest BCUT2D eigenvalue weighted by molar-refractivity contribution is 7.90. The van der Waals surface area contributed by atoms with Gasteiger partial charge in [0.05, 0.1) is 21.7 Å². The third kappa shape index (κ3) is 5.05. The monoisotopic (exact) mass is 410 g/mol. The van der Waals surface area contributed by atoms with Crippen molar-refractivity contribution in [3.05, 3.63) is 95.3 Å². The van der Waals surface area contributed by atoms with Crippen LogP contribution in [0.4, 0.5) is 0 Å². The van der Waals surface area contributed by atoms with Crippen molar-refractivity contribution in [2.24, 2.45) is 0 Å².